The highest BCUT2D eigenvalue weighted by Gasteiger charge is 2.33. The van der Waals surface area contributed by atoms with Gasteiger partial charge in [0.1, 0.15) is 5.75 Å². The Hall–Kier alpha value is -1.80. The van der Waals surface area contributed by atoms with Crippen LogP contribution in [0.25, 0.3) is 0 Å². The third-order valence-electron chi connectivity index (χ3n) is 5.59. The van der Waals surface area contributed by atoms with Gasteiger partial charge < -0.3 is 10.1 Å². The van der Waals surface area contributed by atoms with Crippen LogP contribution in [-0.4, -0.2) is 38.3 Å². The van der Waals surface area contributed by atoms with E-state index in [4.69, 9.17) is 27.9 Å². The van der Waals surface area contributed by atoms with Gasteiger partial charge in [-0.3, -0.25) is 4.79 Å². The maximum absolute atomic E-state index is 13.0. The fraction of sp³-hybridized carbons (Fsp3) is 0.435. The molecule has 1 fully saturated rings. The van der Waals surface area contributed by atoms with Crippen LogP contribution in [0.4, 0.5) is 0 Å². The third kappa shape index (κ3) is 6.16. The second kappa shape index (κ2) is 10.9. The summed E-state index contributed by atoms with van der Waals surface area (Å²) < 4.78 is 32.9. The normalized spacial score (nSPS) is 18.2. The van der Waals surface area contributed by atoms with Crippen molar-refractivity contribution in [2.75, 3.05) is 19.7 Å². The highest BCUT2D eigenvalue weighted by Crippen LogP contribution is 2.29. The van der Waals surface area contributed by atoms with Gasteiger partial charge in [-0.1, -0.05) is 41.4 Å². The van der Waals surface area contributed by atoms with E-state index in [2.05, 4.69) is 5.32 Å². The van der Waals surface area contributed by atoms with Crippen molar-refractivity contribution in [1.29, 1.82) is 0 Å². The molecule has 9 heteroatoms. The average molecular weight is 499 g/mol. The molecule has 3 rings (SSSR count). The number of piperidine rings is 1. The molecule has 0 radical (unpaired) electrons. The summed E-state index contributed by atoms with van der Waals surface area (Å²) in [6, 6.07) is 12.3. The molecule has 2 aromatic rings. The SMILES string of the molecule is CCOc1ccc([C@H](C)NC(=O)[C@H]2CCCN(S(=O)(=O)Cc3c(Cl)cccc3Cl)C2)cc1. The Morgan fingerprint density at radius 1 is 1.19 bits per heavy atom. The van der Waals surface area contributed by atoms with Gasteiger partial charge in [0.15, 0.2) is 0 Å². The maximum Gasteiger partial charge on any atom is 0.224 e. The molecule has 0 bridgehead atoms. The van der Waals surface area contributed by atoms with E-state index in [0.717, 1.165) is 11.3 Å². The van der Waals surface area contributed by atoms with Crippen LogP contribution in [0.2, 0.25) is 10.0 Å². The number of halogens is 2. The highest BCUT2D eigenvalue weighted by atomic mass is 35.5. The number of carbonyl (C=O) groups is 1. The molecular weight excluding hydrogens is 471 g/mol. The lowest BCUT2D eigenvalue weighted by Gasteiger charge is -2.32. The zero-order valence-corrected chi connectivity index (χ0v) is 20.5. The lowest BCUT2D eigenvalue weighted by atomic mass is 9.98. The number of sulfonamides is 1. The third-order valence-corrected chi connectivity index (χ3v) is 8.07. The predicted octanol–water partition coefficient (Wildman–Crippen LogP) is 4.81. The van der Waals surface area contributed by atoms with Crippen molar-refractivity contribution in [2.24, 2.45) is 5.92 Å². The summed E-state index contributed by atoms with van der Waals surface area (Å²) in [6.45, 7) is 4.95. The quantitative estimate of drug-likeness (QED) is 0.566. The topological polar surface area (TPSA) is 75.7 Å². The van der Waals surface area contributed by atoms with Crippen molar-refractivity contribution in [2.45, 2.75) is 38.5 Å². The van der Waals surface area contributed by atoms with E-state index in [1.54, 1.807) is 18.2 Å². The van der Waals surface area contributed by atoms with Crippen molar-refractivity contribution >= 4 is 39.1 Å². The smallest absolute Gasteiger partial charge is 0.224 e. The van der Waals surface area contributed by atoms with Crippen LogP contribution in [0.3, 0.4) is 0 Å². The van der Waals surface area contributed by atoms with Crippen LogP contribution < -0.4 is 10.1 Å². The van der Waals surface area contributed by atoms with Gasteiger partial charge in [0.25, 0.3) is 0 Å². The minimum absolute atomic E-state index is 0.145. The molecule has 2 aromatic carbocycles. The van der Waals surface area contributed by atoms with Crippen molar-refractivity contribution < 1.29 is 17.9 Å². The first-order chi connectivity index (χ1) is 15.2. The van der Waals surface area contributed by atoms with Crippen LogP contribution in [-0.2, 0) is 20.6 Å². The Bertz CT molecular complexity index is 1020. The van der Waals surface area contributed by atoms with Gasteiger partial charge in [-0.05, 0) is 56.5 Å². The summed E-state index contributed by atoms with van der Waals surface area (Å²) in [4.78, 5) is 12.9. The number of carbonyl (C=O) groups excluding carboxylic acids is 1. The Morgan fingerprint density at radius 2 is 1.84 bits per heavy atom. The van der Waals surface area contributed by atoms with Crippen molar-refractivity contribution in [3.05, 3.63) is 63.6 Å². The van der Waals surface area contributed by atoms with Gasteiger partial charge in [0, 0.05) is 28.7 Å². The maximum atomic E-state index is 13.0. The molecule has 0 unspecified atom stereocenters. The van der Waals surface area contributed by atoms with E-state index in [-0.39, 0.29) is 24.2 Å². The molecule has 1 aliphatic heterocycles. The molecule has 1 N–H and O–H groups in total. The van der Waals surface area contributed by atoms with Gasteiger partial charge >= 0.3 is 0 Å². The van der Waals surface area contributed by atoms with Gasteiger partial charge in [0.2, 0.25) is 15.9 Å². The predicted molar refractivity (Wildman–Crippen MR) is 128 cm³/mol. The molecule has 0 spiro atoms. The van der Waals surface area contributed by atoms with Crippen LogP contribution >= 0.6 is 23.2 Å². The number of rotatable bonds is 8. The Kier molecular flexibility index (Phi) is 8.44. The molecule has 6 nitrogen and oxygen atoms in total. The molecular formula is C23H28Cl2N2O4S. The number of amides is 1. The largest absolute Gasteiger partial charge is 0.494 e. The first kappa shape index (κ1) is 24.8. The van der Waals surface area contributed by atoms with Crippen molar-refractivity contribution in [1.82, 2.24) is 9.62 Å². The zero-order valence-electron chi connectivity index (χ0n) is 18.2. The van der Waals surface area contributed by atoms with E-state index in [9.17, 15) is 13.2 Å². The molecule has 1 aliphatic rings. The summed E-state index contributed by atoms with van der Waals surface area (Å²) in [5, 5.41) is 3.65. The number of benzene rings is 2. The molecule has 32 heavy (non-hydrogen) atoms. The Balaban J connectivity index is 1.63. The van der Waals surface area contributed by atoms with Crippen LogP contribution in [0, 0.1) is 5.92 Å². The fourth-order valence-electron chi connectivity index (χ4n) is 3.79. The first-order valence-corrected chi connectivity index (χ1v) is 13.0. The molecule has 1 heterocycles. The number of hydrogen-bond acceptors (Lipinski definition) is 4. The summed E-state index contributed by atoms with van der Waals surface area (Å²) >= 11 is 12.3. The fourth-order valence-corrected chi connectivity index (χ4v) is 6.15. The van der Waals surface area contributed by atoms with Gasteiger partial charge in [-0.25, -0.2) is 12.7 Å². The monoisotopic (exact) mass is 498 g/mol. The van der Waals surface area contributed by atoms with Crippen molar-refractivity contribution in [3.63, 3.8) is 0 Å². The second-order valence-electron chi connectivity index (χ2n) is 7.89. The minimum atomic E-state index is -3.67. The minimum Gasteiger partial charge on any atom is -0.494 e. The molecule has 174 valence electrons. The number of ether oxygens (including phenoxy) is 1. The van der Waals surface area contributed by atoms with Crippen LogP contribution in [0.15, 0.2) is 42.5 Å². The number of hydrogen-bond donors (Lipinski definition) is 1. The first-order valence-electron chi connectivity index (χ1n) is 10.6. The molecule has 0 aromatic heterocycles. The van der Waals surface area contributed by atoms with E-state index in [0.29, 0.717) is 41.6 Å². The molecule has 2 atom stereocenters. The number of nitrogens with one attached hydrogen (secondary N) is 1. The van der Waals surface area contributed by atoms with E-state index >= 15 is 0 Å². The molecule has 0 saturated carbocycles. The summed E-state index contributed by atoms with van der Waals surface area (Å²) in [6.07, 6.45) is 1.26. The second-order valence-corrected chi connectivity index (χ2v) is 10.7. The van der Waals surface area contributed by atoms with Gasteiger partial charge in [-0.15, -0.1) is 0 Å². The highest BCUT2D eigenvalue weighted by molar-refractivity contribution is 7.88. The Morgan fingerprint density at radius 3 is 2.47 bits per heavy atom. The number of nitrogens with zero attached hydrogens (tertiary/aromatic N) is 1. The lowest BCUT2D eigenvalue weighted by Crippen LogP contribution is -2.46. The van der Waals surface area contributed by atoms with Gasteiger partial charge in [0.05, 0.1) is 24.3 Å². The Labute approximate surface area is 199 Å². The van der Waals surface area contributed by atoms with E-state index in [1.807, 2.05) is 38.1 Å². The summed E-state index contributed by atoms with van der Waals surface area (Å²) in [5.74, 6) is -0.0726. The zero-order chi connectivity index (χ0) is 23.3. The van der Waals surface area contributed by atoms with Gasteiger partial charge in [-0.2, -0.15) is 0 Å². The van der Waals surface area contributed by atoms with E-state index in [1.165, 1.54) is 4.31 Å². The lowest BCUT2D eigenvalue weighted by molar-refractivity contribution is -0.126. The standard InChI is InChI=1S/C23H28Cl2N2O4S/c1-3-31-19-11-9-17(10-12-19)16(2)26-23(28)18-6-5-13-27(14-18)32(29,30)15-20-21(24)7-4-8-22(20)25/h4,7-12,16,18H,3,5-6,13-15H2,1-2H3,(H,26,28)/t16-,18-/m0/s1. The van der Waals surface area contributed by atoms with Crippen LogP contribution in [0.5, 0.6) is 5.75 Å². The molecule has 1 saturated heterocycles. The average Bonchev–Trinajstić information content (AvgIpc) is 2.77. The van der Waals surface area contributed by atoms with Crippen molar-refractivity contribution in [3.8, 4) is 5.75 Å². The van der Waals surface area contributed by atoms with Crippen LogP contribution in [0.1, 0.15) is 43.9 Å². The molecule has 0 aliphatic carbocycles. The molecule has 1 amide bonds. The summed E-state index contributed by atoms with van der Waals surface area (Å²) in [7, 11) is -3.67. The van der Waals surface area contributed by atoms with E-state index < -0.39 is 15.9 Å². The summed E-state index contributed by atoms with van der Waals surface area (Å²) in [5.41, 5.74) is 1.34.